The lowest BCUT2D eigenvalue weighted by Crippen LogP contribution is -2.37. The van der Waals surface area contributed by atoms with Crippen LogP contribution in [0.2, 0.25) is 0 Å². The van der Waals surface area contributed by atoms with Gasteiger partial charge in [-0.25, -0.2) is 0 Å². The van der Waals surface area contributed by atoms with Crippen LogP contribution in [0, 0.1) is 0 Å². The Morgan fingerprint density at radius 3 is 2.31 bits per heavy atom. The number of hydrogen-bond acceptors (Lipinski definition) is 3. The standard InChI is InChI=1S/C13H29NO2/c1-6-8-11(14)12(7-2)16-10-9-13(3,4)15-5/h11-12H,6-10,14H2,1-5H3. The minimum Gasteiger partial charge on any atom is -0.379 e. The second kappa shape index (κ2) is 8.04. The van der Waals surface area contributed by atoms with Crippen molar-refractivity contribution >= 4 is 0 Å². The smallest absolute Gasteiger partial charge is 0.0723 e. The third-order valence-electron chi connectivity index (χ3n) is 3.09. The molecular formula is C13H29NO2. The second-order valence-electron chi connectivity index (χ2n) is 4.98. The topological polar surface area (TPSA) is 44.5 Å². The fourth-order valence-corrected chi connectivity index (χ4v) is 1.62. The minimum absolute atomic E-state index is 0.104. The molecule has 0 aliphatic carbocycles. The van der Waals surface area contributed by atoms with Gasteiger partial charge >= 0.3 is 0 Å². The molecule has 0 fully saturated rings. The fraction of sp³-hybridized carbons (Fsp3) is 1.00. The van der Waals surface area contributed by atoms with E-state index in [0.717, 1.165) is 32.3 Å². The molecule has 0 aromatic rings. The lowest BCUT2D eigenvalue weighted by Gasteiger charge is -2.26. The molecule has 2 N–H and O–H groups in total. The van der Waals surface area contributed by atoms with E-state index in [9.17, 15) is 0 Å². The molecule has 0 radical (unpaired) electrons. The molecule has 3 heteroatoms. The Bertz CT molecular complexity index is 171. The summed E-state index contributed by atoms with van der Waals surface area (Å²) in [4.78, 5) is 0. The largest absolute Gasteiger partial charge is 0.379 e. The molecule has 0 heterocycles. The number of rotatable bonds is 9. The van der Waals surface area contributed by atoms with Crippen molar-refractivity contribution in [1.29, 1.82) is 0 Å². The van der Waals surface area contributed by atoms with Crippen LogP contribution in [0.15, 0.2) is 0 Å². The molecule has 0 saturated carbocycles. The third kappa shape index (κ3) is 6.46. The van der Waals surface area contributed by atoms with E-state index >= 15 is 0 Å². The molecule has 0 aliphatic rings. The molecule has 0 spiro atoms. The second-order valence-corrected chi connectivity index (χ2v) is 4.98. The maximum absolute atomic E-state index is 6.07. The molecule has 0 rings (SSSR count). The van der Waals surface area contributed by atoms with Crippen molar-refractivity contribution in [2.75, 3.05) is 13.7 Å². The van der Waals surface area contributed by atoms with Crippen LogP contribution in [0.5, 0.6) is 0 Å². The van der Waals surface area contributed by atoms with Crippen molar-refractivity contribution in [3.05, 3.63) is 0 Å². The summed E-state index contributed by atoms with van der Waals surface area (Å²) < 4.78 is 11.2. The summed E-state index contributed by atoms with van der Waals surface area (Å²) in [5.74, 6) is 0. The van der Waals surface area contributed by atoms with E-state index in [1.54, 1.807) is 7.11 Å². The van der Waals surface area contributed by atoms with E-state index in [2.05, 4.69) is 27.7 Å². The molecular weight excluding hydrogens is 202 g/mol. The lowest BCUT2D eigenvalue weighted by molar-refractivity contribution is -0.0333. The van der Waals surface area contributed by atoms with Gasteiger partial charge in [-0.05, 0) is 33.1 Å². The number of nitrogens with two attached hydrogens (primary N) is 1. The van der Waals surface area contributed by atoms with Gasteiger partial charge in [-0.15, -0.1) is 0 Å². The first-order valence-corrected chi connectivity index (χ1v) is 6.39. The Balaban J connectivity index is 3.87. The first-order valence-electron chi connectivity index (χ1n) is 6.39. The number of methoxy groups -OCH3 is 1. The Kier molecular flexibility index (Phi) is 7.98. The molecule has 2 atom stereocenters. The first-order chi connectivity index (χ1) is 7.46. The van der Waals surface area contributed by atoms with Crippen LogP contribution < -0.4 is 5.73 Å². The van der Waals surface area contributed by atoms with E-state index in [0.29, 0.717) is 0 Å². The normalized spacial score (nSPS) is 16.1. The minimum atomic E-state index is -0.104. The van der Waals surface area contributed by atoms with E-state index in [4.69, 9.17) is 15.2 Å². The van der Waals surface area contributed by atoms with E-state index in [-0.39, 0.29) is 17.7 Å². The van der Waals surface area contributed by atoms with Gasteiger partial charge in [-0.1, -0.05) is 20.3 Å². The number of hydrogen-bond donors (Lipinski definition) is 1. The van der Waals surface area contributed by atoms with Crippen molar-refractivity contribution < 1.29 is 9.47 Å². The summed E-state index contributed by atoms with van der Waals surface area (Å²) in [6, 6.07) is 0.167. The van der Waals surface area contributed by atoms with Crippen LogP contribution in [0.1, 0.15) is 53.4 Å². The van der Waals surface area contributed by atoms with Gasteiger partial charge in [0.05, 0.1) is 11.7 Å². The Morgan fingerprint density at radius 2 is 1.88 bits per heavy atom. The summed E-state index contributed by atoms with van der Waals surface area (Å²) in [5.41, 5.74) is 5.96. The monoisotopic (exact) mass is 231 g/mol. The lowest BCUT2D eigenvalue weighted by atomic mass is 10.0. The maximum Gasteiger partial charge on any atom is 0.0723 e. The summed E-state index contributed by atoms with van der Waals surface area (Å²) in [5, 5.41) is 0. The van der Waals surface area contributed by atoms with Gasteiger partial charge < -0.3 is 15.2 Å². The van der Waals surface area contributed by atoms with E-state index in [1.807, 2.05) is 0 Å². The van der Waals surface area contributed by atoms with Crippen LogP contribution in [-0.2, 0) is 9.47 Å². The molecule has 2 unspecified atom stereocenters. The van der Waals surface area contributed by atoms with Gasteiger partial charge in [0.1, 0.15) is 0 Å². The third-order valence-corrected chi connectivity index (χ3v) is 3.09. The van der Waals surface area contributed by atoms with Crippen LogP contribution in [0.25, 0.3) is 0 Å². The van der Waals surface area contributed by atoms with Crippen molar-refractivity contribution in [1.82, 2.24) is 0 Å². The Hall–Kier alpha value is -0.120. The summed E-state index contributed by atoms with van der Waals surface area (Å²) in [7, 11) is 1.74. The zero-order valence-electron chi connectivity index (χ0n) is 11.6. The van der Waals surface area contributed by atoms with Crippen LogP contribution in [-0.4, -0.2) is 31.5 Å². The summed E-state index contributed by atoms with van der Waals surface area (Å²) in [6.45, 7) is 9.14. The zero-order chi connectivity index (χ0) is 12.6. The quantitative estimate of drug-likeness (QED) is 0.663. The maximum atomic E-state index is 6.07. The van der Waals surface area contributed by atoms with Gasteiger partial charge in [0.2, 0.25) is 0 Å². The van der Waals surface area contributed by atoms with Gasteiger partial charge in [0.15, 0.2) is 0 Å². The van der Waals surface area contributed by atoms with Gasteiger partial charge in [-0.2, -0.15) is 0 Å². The first kappa shape index (κ1) is 15.9. The van der Waals surface area contributed by atoms with Crippen molar-refractivity contribution in [2.24, 2.45) is 5.73 Å². The van der Waals surface area contributed by atoms with Crippen LogP contribution in [0.4, 0.5) is 0 Å². The predicted octanol–water partition coefficient (Wildman–Crippen LogP) is 2.72. The zero-order valence-corrected chi connectivity index (χ0v) is 11.6. The van der Waals surface area contributed by atoms with Crippen molar-refractivity contribution in [3.63, 3.8) is 0 Å². The van der Waals surface area contributed by atoms with E-state index < -0.39 is 0 Å². The highest BCUT2D eigenvalue weighted by molar-refractivity contribution is 4.73. The van der Waals surface area contributed by atoms with Crippen molar-refractivity contribution in [3.8, 4) is 0 Å². The summed E-state index contributed by atoms with van der Waals surface area (Å²) >= 11 is 0. The highest BCUT2D eigenvalue weighted by atomic mass is 16.5. The highest BCUT2D eigenvalue weighted by Gasteiger charge is 2.19. The van der Waals surface area contributed by atoms with Crippen molar-refractivity contribution in [2.45, 2.75) is 71.1 Å². The summed E-state index contributed by atoms with van der Waals surface area (Å²) in [6.07, 6.45) is 4.22. The average Bonchev–Trinajstić information content (AvgIpc) is 2.24. The molecule has 0 aromatic heterocycles. The molecule has 98 valence electrons. The predicted molar refractivity (Wildman–Crippen MR) is 68.6 cm³/mol. The fourth-order valence-electron chi connectivity index (χ4n) is 1.62. The van der Waals surface area contributed by atoms with Crippen LogP contribution >= 0.6 is 0 Å². The molecule has 3 nitrogen and oxygen atoms in total. The Morgan fingerprint density at radius 1 is 1.25 bits per heavy atom. The molecule has 0 aromatic carbocycles. The van der Waals surface area contributed by atoms with E-state index in [1.165, 1.54) is 0 Å². The van der Waals surface area contributed by atoms with Gasteiger partial charge in [0.25, 0.3) is 0 Å². The SMILES string of the molecule is CCCC(N)C(CC)OCCC(C)(C)OC. The molecule has 0 saturated heterocycles. The van der Waals surface area contributed by atoms with Gasteiger partial charge in [0, 0.05) is 19.8 Å². The average molecular weight is 231 g/mol. The number of ether oxygens (including phenoxy) is 2. The Labute approximate surface area is 101 Å². The van der Waals surface area contributed by atoms with Crippen LogP contribution in [0.3, 0.4) is 0 Å². The highest BCUT2D eigenvalue weighted by Crippen LogP contribution is 2.15. The molecule has 0 amide bonds. The molecule has 0 aliphatic heterocycles. The molecule has 16 heavy (non-hydrogen) atoms. The molecule has 0 bridgehead atoms. The van der Waals surface area contributed by atoms with Gasteiger partial charge in [-0.3, -0.25) is 0 Å².